The Hall–Kier alpha value is -2.61. The summed E-state index contributed by atoms with van der Waals surface area (Å²) in [6, 6.07) is 8.29. The van der Waals surface area contributed by atoms with Crippen molar-refractivity contribution in [3.63, 3.8) is 0 Å². The van der Waals surface area contributed by atoms with Crippen LogP contribution in [0.1, 0.15) is 6.92 Å². The number of halogens is 3. The van der Waals surface area contributed by atoms with Gasteiger partial charge in [0.05, 0.1) is 0 Å². The van der Waals surface area contributed by atoms with Crippen LogP contribution < -0.4 is 10.2 Å². The van der Waals surface area contributed by atoms with Crippen LogP contribution in [0.2, 0.25) is 0 Å². The quantitative estimate of drug-likeness (QED) is 0.599. The lowest BCUT2D eigenvalue weighted by atomic mass is 10.1. The summed E-state index contributed by atoms with van der Waals surface area (Å²) in [5.74, 6) is -0.503. The molecule has 2 aromatic rings. The molecule has 0 aliphatic rings. The molecule has 1 heterocycles. The molecule has 0 radical (unpaired) electrons. The van der Waals surface area contributed by atoms with Gasteiger partial charge in [-0.1, -0.05) is 12.1 Å². The highest BCUT2D eigenvalue weighted by atomic mass is 19.4. The Morgan fingerprint density at radius 2 is 1.70 bits per heavy atom. The fraction of sp³-hybridized carbons (Fsp3) is 0.200. The number of pyridine rings is 1. The number of aliphatic hydroxyl groups is 1. The van der Waals surface area contributed by atoms with E-state index < -0.39 is 12.5 Å². The average Bonchev–Trinajstić information content (AvgIpc) is 2.46. The lowest BCUT2D eigenvalue weighted by molar-refractivity contribution is -0.274. The summed E-state index contributed by atoms with van der Waals surface area (Å²) in [5.41, 5.74) is 1.19. The van der Waals surface area contributed by atoms with Crippen LogP contribution in [-0.2, 0) is 0 Å². The maximum atomic E-state index is 12.1. The molecule has 1 unspecified atom stereocenters. The molecule has 23 heavy (non-hydrogen) atoms. The van der Waals surface area contributed by atoms with Crippen molar-refractivity contribution >= 4 is 5.84 Å². The van der Waals surface area contributed by atoms with Crippen molar-refractivity contribution in [2.45, 2.75) is 19.4 Å². The Morgan fingerprint density at radius 3 is 2.22 bits per heavy atom. The maximum absolute atomic E-state index is 12.1. The second-order valence-corrected chi connectivity index (χ2v) is 4.81. The monoisotopic (exact) mass is 325 g/mol. The van der Waals surface area contributed by atoms with E-state index in [1.54, 1.807) is 6.07 Å². The highest BCUT2D eigenvalue weighted by Crippen LogP contribution is 2.26. The first-order chi connectivity index (χ1) is 10.7. The van der Waals surface area contributed by atoms with Gasteiger partial charge in [0.1, 0.15) is 23.2 Å². The van der Waals surface area contributed by atoms with E-state index >= 15 is 0 Å². The minimum Gasteiger partial charge on any atom is -0.406 e. The predicted molar refractivity (Wildman–Crippen MR) is 77.2 cm³/mol. The largest absolute Gasteiger partial charge is 0.573 e. The fourth-order valence-corrected chi connectivity index (χ4v) is 1.92. The van der Waals surface area contributed by atoms with Gasteiger partial charge in [-0.25, -0.2) is 0 Å². The summed E-state index contributed by atoms with van der Waals surface area (Å²) in [6.07, 6.45) is -4.33. The van der Waals surface area contributed by atoms with E-state index in [4.69, 9.17) is 10.8 Å². The van der Waals surface area contributed by atoms with Gasteiger partial charge in [0.2, 0.25) is 0 Å². The first-order valence-electron chi connectivity index (χ1n) is 6.58. The highest BCUT2D eigenvalue weighted by Gasteiger charge is 2.30. The molecule has 8 heteroatoms. The molecular formula is C15H14F3N3O2. The lowest BCUT2D eigenvalue weighted by Gasteiger charge is -2.13. The van der Waals surface area contributed by atoms with Crippen LogP contribution in [-0.4, -0.2) is 28.0 Å². The Kier molecular flexibility index (Phi) is 4.55. The standard InChI is InChI=1S/C15H14F3N3O2/c1-9(22)14(20)21-8-11(4-7-13(21)19)10-2-5-12(6-3-10)23-15(16,17)18/h2-9,19-20,22H,1H3. The third kappa shape index (κ3) is 4.19. The van der Waals surface area contributed by atoms with Crippen molar-refractivity contribution in [2.24, 2.45) is 0 Å². The summed E-state index contributed by atoms with van der Waals surface area (Å²) < 4.78 is 41.4. The molecular weight excluding hydrogens is 311 g/mol. The van der Waals surface area contributed by atoms with Crippen molar-refractivity contribution in [1.29, 1.82) is 10.8 Å². The van der Waals surface area contributed by atoms with Crippen LogP contribution >= 0.6 is 0 Å². The number of aliphatic hydroxyl groups excluding tert-OH is 1. The first kappa shape index (κ1) is 16.8. The molecule has 0 bridgehead atoms. The molecule has 1 aromatic carbocycles. The molecule has 2 rings (SSSR count). The van der Waals surface area contributed by atoms with Gasteiger partial charge in [0, 0.05) is 6.20 Å². The minimum atomic E-state index is -4.75. The molecule has 122 valence electrons. The summed E-state index contributed by atoms with van der Waals surface area (Å²) in [4.78, 5) is 0. The van der Waals surface area contributed by atoms with Gasteiger partial charge in [-0.15, -0.1) is 13.2 Å². The second kappa shape index (κ2) is 6.25. The maximum Gasteiger partial charge on any atom is 0.573 e. The number of rotatable bonds is 3. The number of hydrogen-bond donors (Lipinski definition) is 3. The fourth-order valence-electron chi connectivity index (χ4n) is 1.92. The molecule has 0 aliphatic carbocycles. The molecule has 0 spiro atoms. The Balaban J connectivity index is 2.34. The molecule has 5 nitrogen and oxygen atoms in total. The highest BCUT2D eigenvalue weighted by molar-refractivity contribution is 5.85. The molecule has 1 atom stereocenters. The third-order valence-electron chi connectivity index (χ3n) is 3.02. The average molecular weight is 325 g/mol. The normalized spacial score (nSPS) is 12.7. The SMILES string of the molecule is CC(O)C(=N)n1cc(-c2ccc(OC(F)(F)F)cc2)ccc1=N. The molecule has 3 N–H and O–H groups in total. The van der Waals surface area contributed by atoms with Gasteiger partial charge < -0.3 is 9.84 Å². The zero-order chi connectivity index (χ0) is 17.2. The molecule has 0 aliphatic heterocycles. The number of benzene rings is 1. The number of nitrogens with one attached hydrogen (secondary N) is 2. The first-order valence-corrected chi connectivity index (χ1v) is 6.58. The summed E-state index contributed by atoms with van der Waals surface area (Å²) in [6.45, 7) is 1.41. The van der Waals surface area contributed by atoms with Crippen LogP contribution in [0.25, 0.3) is 11.1 Å². The smallest absolute Gasteiger partial charge is 0.406 e. The van der Waals surface area contributed by atoms with Gasteiger partial charge in [0.15, 0.2) is 0 Å². The minimum absolute atomic E-state index is 0.0108. The van der Waals surface area contributed by atoms with Gasteiger partial charge >= 0.3 is 6.36 Å². The van der Waals surface area contributed by atoms with Crippen LogP contribution in [0.3, 0.4) is 0 Å². The van der Waals surface area contributed by atoms with Gasteiger partial charge in [0.25, 0.3) is 0 Å². The molecule has 0 fully saturated rings. The van der Waals surface area contributed by atoms with Gasteiger partial charge in [-0.2, -0.15) is 0 Å². The van der Waals surface area contributed by atoms with Crippen LogP contribution in [0.5, 0.6) is 5.75 Å². The number of hydrogen-bond acceptors (Lipinski definition) is 4. The third-order valence-corrected chi connectivity index (χ3v) is 3.02. The topological polar surface area (TPSA) is 82.1 Å². The van der Waals surface area contributed by atoms with Crippen molar-refractivity contribution in [2.75, 3.05) is 0 Å². The van der Waals surface area contributed by atoms with Gasteiger partial charge in [-0.3, -0.25) is 15.4 Å². The summed E-state index contributed by atoms with van der Waals surface area (Å²) in [5, 5.41) is 25.0. The van der Waals surface area contributed by atoms with Crippen LogP contribution in [0, 0.1) is 10.8 Å². The lowest BCUT2D eigenvalue weighted by Crippen LogP contribution is -2.32. The van der Waals surface area contributed by atoms with E-state index in [-0.39, 0.29) is 17.1 Å². The van der Waals surface area contributed by atoms with E-state index in [1.165, 1.54) is 48.0 Å². The number of ether oxygens (including phenoxy) is 1. The van der Waals surface area contributed by atoms with E-state index in [0.29, 0.717) is 11.1 Å². The van der Waals surface area contributed by atoms with Crippen molar-refractivity contribution in [3.8, 4) is 16.9 Å². The molecule has 0 saturated heterocycles. The van der Waals surface area contributed by atoms with E-state index in [0.717, 1.165) is 0 Å². The Morgan fingerprint density at radius 1 is 1.13 bits per heavy atom. The van der Waals surface area contributed by atoms with Crippen molar-refractivity contribution < 1.29 is 23.0 Å². The van der Waals surface area contributed by atoms with E-state index in [2.05, 4.69) is 4.74 Å². The van der Waals surface area contributed by atoms with E-state index in [9.17, 15) is 18.3 Å². The molecule has 1 aromatic heterocycles. The number of alkyl halides is 3. The number of nitrogens with zero attached hydrogens (tertiary/aromatic N) is 1. The van der Waals surface area contributed by atoms with Crippen molar-refractivity contribution in [3.05, 3.63) is 48.1 Å². The van der Waals surface area contributed by atoms with Crippen molar-refractivity contribution in [1.82, 2.24) is 4.57 Å². The van der Waals surface area contributed by atoms with Crippen LogP contribution in [0.4, 0.5) is 13.2 Å². The molecule has 0 amide bonds. The Bertz CT molecular complexity index is 765. The molecule has 0 saturated carbocycles. The van der Waals surface area contributed by atoms with Crippen LogP contribution in [0.15, 0.2) is 42.6 Å². The van der Waals surface area contributed by atoms with E-state index in [1.807, 2.05) is 0 Å². The summed E-state index contributed by atoms with van der Waals surface area (Å²) in [7, 11) is 0. The second-order valence-electron chi connectivity index (χ2n) is 4.81. The predicted octanol–water partition coefficient (Wildman–Crippen LogP) is 2.74. The Labute approximate surface area is 129 Å². The van der Waals surface area contributed by atoms with Gasteiger partial charge in [-0.05, 0) is 42.3 Å². The number of aromatic nitrogens is 1. The zero-order valence-electron chi connectivity index (χ0n) is 12.1. The zero-order valence-corrected chi connectivity index (χ0v) is 12.1. The summed E-state index contributed by atoms with van der Waals surface area (Å²) >= 11 is 0.